The fourth-order valence-corrected chi connectivity index (χ4v) is 1.47. The van der Waals surface area contributed by atoms with E-state index in [9.17, 15) is 4.39 Å². The Balaban J connectivity index is 2.80. The molecule has 1 rings (SSSR count). The third-order valence-corrected chi connectivity index (χ3v) is 2.50. The van der Waals surface area contributed by atoms with Crippen LogP contribution >= 0.6 is 0 Å². The minimum Gasteiger partial charge on any atom is -0.493 e. The molecule has 3 heteroatoms. The summed E-state index contributed by atoms with van der Waals surface area (Å²) in [5, 5.41) is 0. The molecule has 1 aromatic carbocycles. The van der Waals surface area contributed by atoms with Gasteiger partial charge in [-0.3, -0.25) is 0 Å². The number of benzene rings is 1. The summed E-state index contributed by atoms with van der Waals surface area (Å²) < 4.78 is 18.6. The van der Waals surface area contributed by atoms with Gasteiger partial charge in [-0.15, -0.1) is 0 Å². The van der Waals surface area contributed by atoms with E-state index < -0.39 is 0 Å². The van der Waals surface area contributed by atoms with Gasteiger partial charge >= 0.3 is 0 Å². The van der Waals surface area contributed by atoms with Gasteiger partial charge in [0.05, 0.1) is 6.61 Å². The van der Waals surface area contributed by atoms with E-state index in [1.54, 1.807) is 6.07 Å². The summed E-state index contributed by atoms with van der Waals surface area (Å²) in [4.78, 5) is 0. The molecule has 0 heterocycles. The SMILES string of the molecule is CCCOc1cc(F)ccc1CC(N)CC. The maximum Gasteiger partial charge on any atom is 0.126 e. The highest BCUT2D eigenvalue weighted by Crippen LogP contribution is 2.21. The van der Waals surface area contributed by atoms with Gasteiger partial charge < -0.3 is 10.5 Å². The monoisotopic (exact) mass is 225 g/mol. The molecule has 0 aliphatic carbocycles. The zero-order chi connectivity index (χ0) is 12.0. The molecule has 0 fully saturated rings. The summed E-state index contributed by atoms with van der Waals surface area (Å²) in [7, 11) is 0. The molecule has 0 saturated carbocycles. The lowest BCUT2D eigenvalue weighted by Gasteiger charge is -2.14. The highest BCUT2D eigenvalue weighted by molar-refractivity contribution is 5.34. The van der Waals surface area contributed by atoms with Gasteiger partial charge in [-0.1, -0.05) is 19.9 Å². The maximum absolute atomic E-state index is 13.1. The molecular formula is C13H20FNO. The highest BCUT2D eigenvalue weighted by Gasteiger charge is 2.08. The van der Waals surface area contributed by atoms with Crippen molar-refractivity contribution >= 4 is 0 Å². The minimum absolute atomic E-state index is 0.106. The zero-order valence-corrected chi connectivity index (χ0v) is 10.0. The van der Waals surface area contributed by atoms with Gasteiger partial charge in [0.25, 0.3) is 0 Å². The quantitative estimate of drug-likeness (QED) is 0.808. The minimum atomic E-state index is -0.264. The average Bonchev–Trinajstić information content (AvgIpc) is 2.29. The number of ether oxygens (including phenoxy) is 1. The van der Waals surface area contributed by atoms with Crippen LogP contribution in [0.15, 0.2) is 18.2 Å². The van der Waals surface area contributed by atoms with E-state index in [-0.39, 0.29) is 11.9 Å². The molecule has 0 aromatic heterocycles. The average molecular weight is 225 g/mol. The van der Waals surface area contributed by atoms with E-state index >= 15 is 0 Å². The summed E-state index contributed by atoms with van der Waals surface area (Å²) in [6.07, 6.45) is 2.55. The lowest BCUT2D eigenvalue weighted by molar-refractivity contribution is 0.311. The van der Waals surface area contributed by atoms with Crippen LogP contribution in [0.25, 0.3) is 0 Å². The van der Waals surface area contributed by atoms with Crippen molar-refractivity contribution < 1.29 is 9.13 Å². The number of hydrogen-bond acceptors (Lipinski definition) is 2. The molecule has 0 saturated heterocycles. The van der Waals surface area contributed by atoms with Crippen molar-refractivity contribution in [1.29, 1.82) is 0 Å². The van der Waals surface area contributed by atoms with Gasteiger partial charge in [0, 0.05) is 12.1 Å². The molecule has 0 amide bonds. The van der Waals surface area contributed by atoms with Gasteiger partial charge in [0.2, 0.25) is 0 Å². The Morgan fingerprint density at radius 1 is 1.38 bits per heavy atom. The first kappa shape index (κ1) is 13.0. The number of rotatable bonds is 6. The molecule has 2 N–H and O–H groups in total. The van der Waals surface area contributed by atoms with Crippen LogP contribution in [0.3, 0.4) is 0 Å². The molecule has 1 aromatic rings. The highest BCUT2D eigenvalue weighted by atomic mass is 19.1. The first-order valence-corrected chi connectivity index (χ1v) is 5.84. The standard InChI is InChI=1S/C13H20FNO/c1-3-7-16-13-9-11(14)6-5-10(13)8-12(15)4-2/h5-6,9,12H,3-4,7-8,15H2,1-2H3. The zero-order valence-electron chi connectivity index (χ0n) is 10.0. The molecule has 16 heavy (non-hydrogen) atoms. The van der Waals surface area contributed by atoms with Crippen molar-refractivity contribution in [3.05, 3.63) is 29.6 Å². The number of halogens is 1. The Hall–Kier alpha value is -1.09. The van der Waals surface area contributed by atoms with E-state index in [2.05, 4.69) is 0 Å². The molecule has 2 nitrogen and oxygen atoms in total. The van der Waals surface area contributed by atoms with E-state index in [0.29, 0.717) is 12.4 Å². The van der Waals surface area contributed by atoms with E-state index in [1.807, 2.05) is 13.8 Å². The van der Waals surface area contributed by atoms with E-state index in [1.165, 1.54) is 12.1 Å². The summed E-state index contributed by atoms with van der Waals surface area (Å²) in [5.41, 5.74) is 6.88. The Morgan fingerprint density at radius 2 is 2.12 bits per heavy atom. The summed E-state index contributed by atoms with van der Waals surface area (Å²) >= 11 is 0. The maximum atomic E-state index is 13.1. The second-order valence-corrected chi connectivity index (χ2v) is 3.97. The van der Waals surface area contributed by atoms with Crippen LogP contribution in [0, 0.1) is 5.82 Å². The summed E-state index contributed by atoms with van der Waals surface area (Å²) in [6.45, 7) is 4.68. The summed E-state index contributed by atoms with van der Waals surface area (Å²) in [6, 6.07) is 4.76. The second-order valence-electron chi connectivity index (χ2n) is 3.97. The molecule has 0 radical (unpaired) electrons. The molecule has 0 aliphatic rings. The molecule has 0 aliphatic heterocycles. The second kappa shape index (κ2) is 6.48. The van der Waals surface area contributed by atoms with Gasteiger partial charge in [-0.2, -0.15) is 0 Å². The lowest BCUT2D eigenvalue weighted by atomic mass is 10.0. The largest absolute Gasteiger partial charge is 0.493 e. The van der Waals surface area contributed by atoms with Crippen molar-refractivity contribution in [2.75, 3.05) is 6.61 Å². The van der Waals surface area contributed by atoms with Crippen LogP contribution in [0.4, 0.5) is 4.39 Å². The van der Waals surface area contributed by atoms with Crippen molar-refractivity contribution in [3.63, 3.8) is 0 Å². The van der Waals surface area contributed by atoms with Crippen LogP contribution in [-0.2, 0) is 6.42 Å². The molecule has 0 bridgehead atoms. The van der Waals surface area contributed by atoms with Crippen molar-refractivity contribution in [2.24, 2.45) is 5.73 Å². The molecule has 0 spiro atoms. The number of nitrogens with two attached hydrogens (primary N) is 1. The Labute approximate surface area is 96.6 Å². The van der Waals surface area contributed by atoms with E-state index in [4.69, 9.17) is 10.5 Å². The predicted molar refractivity (Wildman–Crippen MR) is 64.2 cm³/mol. The van der Waals surface area contributed by atoms with Gasteiger partial charge in [-0.05, 0) is 30.9 Å². The molecule has 1 unspecified atom stereocenters. The Kier molecular flexibility index (Phi) is 5.26. The Bertz CT molecular complexity index is 328. The van der Waals surface area contributed by atoms with Gasteiger partial charge in [0.1, 0.15) is 11.6 Å². The molecule has 90 valence electrons. The van der Waals surface area contributed by atoms with Crippen LogP contribution in [0.2, 0.25) is 0 Å². The Morgan fingerprint density at radius 3 is 2.75 bits per heavy atom. The summed E-state index contributed by atoms with van der Waals surface area (Å²) in [5.74, 6) is 0.366. The first-order valence-electron chi connectivity index (χ1n) is 5.84. The van der Waals surface area contributed by atoms with Crippen LogP contribution in [0.1, 0.15) is 32.3 Å². The third kappa shape index (κ3) is 3.81. The van der Waals surface area contributed by atoms with Crippen LogP contribution in [0.5, 0.6) is 5.75 Å². The van der Waals surface area contributed by atoms with Crippen LogP contribution < -0.4 is 10.5 Å². The first-order chi connectivity index (χ1) is 7.67. The van der Waals surface area contributed by atoms with Gasteiger partial charge in [-0.25, -0.2) is 4.39 Å². The molecular weight excluding hydrogens is 205 g/mol. The van der Waals surface area contributed by atoms with Crippen LogP contribution in [-0.4, -0.2) is 12.6 Å². The normalized spacial score (nSPS) is 12.5. The third-order valence-electron chi connectivity index (χ3n) is 2.50. The molecule has 1 atom stereocenters. The van der Waals surface area contributed by atoms with Crippen molar-refractivity contribution in [2.45, 2.75) is 39.2 Å². The fourth-order valence-electron chi connectivity index (χ4n) is 1.47. The van der Waals surface area contributed by atoms with Crippen molar-refractivity contribution in [3.8, 4) is 5.75 Å². The van der Waals surface area contributed by atoms with Crippen molar-refractivity contribution in [1.82, 2.24) is 0 Å². The lowest BCUT2D eigenvalue weighted by Crippen LogP contribution is -2.21. The fraction of sp³-hybridized carbons (Fsp3) is 0.538. The van der Waals surface area contributed by atoms with E-state index in [0.717, 1.165) is 24.8 Å². The smallest absolute Gasteiger partial charge is 0.126 e. The predicted octanol–water partition coefficient (Wildman–Crippen LogP) is 2.89. The topological polar surface area (TPSA) is 35.2 Å². The number of hydrogen-bond donors (Lipinski definition) is 1. The van der Waals surface area contributed by atoms with Gasteiger partial charge in [0.15, 0.2) is 0 Å².